The van der Waals surface area contributed by atoms with Gasteiger partial charge in [-0.3, -0.25) is 0 Å². The molecule has 0 radical (unpaired) electrons. The first-order chi connectivity index (χ1) is 8.36. The maximum absolute atomic E-state index is 5.53. The van der Waals surface area contributed by atoms with Gasteiger partial charge in [0, 0.05) is 6.54 Å². The van der Waals surface area contributed by atoms with Crippen LogP contribution < -0.4 is 15.8 Å². The first-order valence-electron chi connectivity index (χ1n) is 6.49. The van der Waals surface area contributed by atoms with Crippen LogP contribution >= 0.6 is 0 Å². The zero-order valence-electron chi connectivity index (χ0n) is 10.7. The van der Waals surface area contributed by atoms with Crippen molar-refractivity contribution in [3.63, 3.8) is 0 Å². The molecule has 0 bridgehead atoms. The lowest BCUT2D eigenvalue weighted by atomic mass is 10.2. The van der Waals surface area contributed by atoms with E-state index in [9.17, 15) is 0 Å². The van der Waals surface area contributed by atoms with E-state index in [4.69, 9.17) is 10.5 Å². The molecule has 0 aromatic heterocycles. The van der Waals surface area contributed by atoms with Crippen LogP contribution in [-0.4, -0.2) is 19.7 Å². The minimum atomic E-state index is 0.783. The molecular weight excluding hydrogens is 212 g/mol. The first-order valence-corrected chi connectivity index (χ1v) is 6.49. The van der Waals surface area contributed by atoms with E-state index in [1.807, 2.05) is 12.1 Å². The Hall–Kier alpha value is -1.06. The Labute approximate surface area is 104 Å². The summed E-state index contributed by atoms with van der Waals surface area (Å²) in [6.45, 7) is 5.63. The molecule has 17 heavy (non-hydrogen) atoms. The second-order valence-electron chi connectivity index (χ2n) is 4.16. The van der Waals surface area contributed by atoms with E-state index in [1.165, 1.54) is 5.56 Å². The molecule has 3 N–H and O–H groups in total. The molecule has 0 fully saturated rings. The Morgan fingerprint density at radius 1 is 1.18 bits per heavy atom. The molecule has 3 heteroatoms. The van der Waals surface area contributed by atoms with E-state index in [0.717, 1.165) is 51.3 Å². The largest absolute Gasteiger partial charge is 0.494 e. The van der Waals surface area contributed by atoms with E-state index in [2.05, 4.69) is 24.4 Å². The molecule has 0 unspecified atom stereocenters. The van der Waals surface area contributed by atoms with Crippen LogP contribution in [0.15, 0.2) is 24.3 Å². The van der Waals surface area contributed by atoms with E-state index in [-0.39, 0.29) is 0 Å². The summed E-state index contributed by atoms with van der Waals surface area (Å²) < 4.78 is 5.53. The number of hydrogen-bond donors (Lipinski definition) is 2. The summed E-state index contributed by atoms with van der Waals surface area (Å²) in [5.74, 6) is 0.957. The van der Waals surface area contributed by atoms with Gasteiger partial charge in [-0.05, 0) is 50.0 Å². The summed E-state index contributed by atoms with van der Waals surface area (Å²) in [5.41, 5.74) is 6.73. The van der Waals surface area contributed by atoms with Crippen molar-refractivity contribution in [3.05, 3.63) is 29.8 Å². The molecule has 3 nitrogen and oxygen atoms in total. The zero-order valence-corrected chi connectivity index (χ0v) is 10.7. The number of benzene rings is 1. The minimum absolute atomic E-state index is 0.783. The third kappa shape index (κ3) is 6.29. The van der Waals surface area contributed by atoms with E-state index >= 15 is 0 Å². The van der Waals surface area contributed by atoms with Crippen LogP contribution in [0.2, 0.25) is 0 Å². The Bertz CT molecular complexity index is 285. The van der Waals surface area contributed by atoms with Crippen LogP contribution in [0.3, 0.4) is 0 Å². The summed E-state index contributed by atoms with van der Waals surface area (Å²) in [4.78, 5) is 0. The van der Waals surface area contributed by atoms with Crippen molar-refractivity contribution in [1.29, 1.82) is 0 Å². The lowest BCUT2D eigenvalue weighted by Crippen LogP contribution is -2.15. The molecule has 0 atom stereocenters. The molecule has 1 rings (SSSR count). The number of ether oxygens (including phenoxy) is 1. The molecule has 0 heterocycles. The van der Waals surface area contributed by atoms with Gasteiger partial charge in [-0.1, -0.05) is 19.1 Å². The predicted molar refractivity (Wildman–Crippen MR) is 72.2 cm³/mol. The fraction of sp³-hybridized carbons (Fsp3) is 0.571. The third-order valence-electron chi connectivity index (χ3n) is 2.53. The van der Waals surface area contributed by atoms with Gasteiger partial charge in [-0.25, -0.2) is 0 Å². The van der Waals surface area contributed by atoms with Gasteiger partial charge in [0.15, 0.2) is 0 Å². The monoisotopic (exact) mass is 236 g/mol. The van der Waals surface area contributed by atoms with E-state index in [1.54, 1.807) is 0 Å². The van der Waals surface area contributed by atoms with Gasteiger partial charge in [-0.15, -0.1) is 0 Å². The second kappa shape index (κ2) is 9.02. The summed E-state index contributed by atoms with van der Waals surface area (Å²) in [6.07, 6.45) is 3.29. The topological polar surface area (TPSA) is 47.3 Å². The number of unbranched alkanes of at least 4 members (excludes halogenated alkanes) is 1. The first kappa shape index (κ1) is 14.0. The van der Waals surface area contributed by atoms with Gasteiger partial charge in [0.1, 0.15) is 5.75 Å². The van der Waals surface area contributed by atoms with Crippen molar-refractivity contribution in [1.82, 2.24) is 5.32 Å². The Kier molecular flexibility index (Phi) is 7.43. The molecule has 96 valence electrons. The fourth-order valence-corrected chi connectivity index (χ4v) is 1.55. The normalized spacial score (nSPS) is 10.5. The smallest absolute Gasteiger partial charge is 0.119 e. The fourth-order valence-electron chi connectivity index (χ4n) is 1.55. The lowest BCUT2D eigenvalue weighted by molar-refractivity contribution is 0.317. The quantitative estimate of drug-likeness (QED) is 0.647. The molecular formula is C14H24N2O. The van der Waals surface area contributed by atoms with Crippen LogP contribution in [-0.2, 0) is 6.54 Å². The average Bonchev–Trinajstić information content (AvgIpc) is 2.37. The molecule has 1 aromatic rings. The number of nitrogens with two attached hydrogens (primary N) is 1. The van der Waals surface area contributed by atoms with Crippen LogP contribution in [0.25, 0.3) is 0 Å². The Morgan fingerprint density at radius 2 is 1.94 bits per heavy atom. The van der Waals surface area contributed by atoms with Crippen molar-refractivity contribution in [3.8, 4) is 5.75 Å². The van der Waals surface area contributed by atoms with Crippen molar-refractivity contribution >= 4 is 0 Å². The number of hydrogen-bond acceptors (Lipinski definition) is 3. The summed E-state index contributed by atoms with van der Waals surface area (Å²) in [5, 5.41) is 3.40. The highest BCUT2D eigenvalue weighted by Crippen LogP contribution is 2.12. The van der Waals surface area contributed by atoms with Crippen LogP contribution in [0.1, 0.15) is 31.7 Å². The molecule has 1 aromatic carbocycles. The van der Waals surface area contributed by atoms with Gasteiger partial charge in [-0.2, -0.15) is 0 Å². The molecule has 0 saturated carbocycles. The lowest BCUT2D eigenvalue weighted by Gasteiger charge is -2.07. The highest BCUT2D eigenvalue weighted by molar-refractivity contribution is 5.27. The van der Waals surface area contributed by atoms with Gasteiger partial charge >= 0.3 is 0 Å². The summed E-state index contributed by atoms with van der Waals surface area (Å²) in [6, 6.07) is 8.29. The third-order valence-corrected chi connectivity index (χ3v) is 2.53. The highest BCUT2D eigenvalue weighted by atomic mass is 16.5. The molecule has 0 aliphatic carbocycles. The standard InChI is InChI=1S/C14H24N2O/c1-2-11-17-14-7-5-13(6-8-14)12-16-10-4-3-9-15/h5-8,16H,2-4,9-12,15H2,1H3. The summed E-state index contributed by atoms with van der Waals surface area (Å²) in [7, 11) is 0. The van der Waals surface area contributed by atoms with E-state index < -0.39 is 0 Å². The maximum atomic E-state index is 5.53. The molecule has 0 saturated heterocycles. The molecule has 0 amide bonds. The Morgan fingerprint density at radius 3 is 2.59 bits per heavy atom. The summed E-state index contributed by atoms with van der Waals surface area (Å²) >= 11 is 0. The molecule has 0 aliphatic rings. The van der Waals surface area contributed by atoms with Gasteiger partial charge in [0.05, 0.1) is 6.61 Å². The Balaban J connectivity index is 2.20. The maximum Gasteiger partial charge on any atom is 0.119 e. The highest BCUT2D eigenvalue weighted by Gasteiger charge is 1.95. The molecule has 0 aliphatic heterocycles. The van der Waals surface area contributed by atoms with Crippen molar-refractivity contribution in [2.75, 3.05) is 19.7 Å². The average molecular weight is 236 g/mol. The van der Waals surface area contributed by atoms with E-state index in [0.29, 0.717) is 0 Å². The van der Waals surface area contributed by atoms with Crippen molar-refractivity contribution < 1.29 is 4.74 Å². The van der Waals surface area contributed by atoms with Crippen LogP contribution in [0.5, 0.6) is 5.75 Å². The van der Waals surface area contributed by atoms with Gasteiger partial charge in [0.25, 0.3) is 0 Å². The minimum Gasteiger partial charge on any atom is -0.494 e. The zero-order chi connectivity index (χ0) is 12.3. The second-order valence-corrected chi connectivity index (χ2v) is 4.16. The predicted octanol–water partition coefficient (Wildman–Crippen LogP) is 2.30. The number of rotatable bonds is 9. The number of nitrogens with one attached hydrogen (secondary N) is 1. The van der Waals surface area contributed by atoms with Crippen LogP contribution in [0, 0.1) is 0 Å². The van der Waals surface area contributed by atoms with Gasteiger partial charge < -0.3 is 15.8 Å². The van der Waals surface area contributed by atoms with Crippen LogP contribution in [0.4, 0.5) is 0 Å². The SMILES string of the molecule is CCCOc1ccc(CNCCCCN)cc1. The van der Waals surface area contributed by atoms with Crippen molar-refractivity contribution in [2.24, 2.45) is 5.73 Å². The molecule has 0 spiro atoms. The van der Waals surface area contributed by atoms with Crippen molar-refractivity contribution in [2.45, 2.75) is 32.7 Å². The van der Waals surface area contributed by atoms with Gasteiger partial charge in [0.2, 0.25) is 0 Å².